The highest BCUT2D eigenvalue weighted by molar-refractivity contribution is 5.97. The summed E-state index contributed by atoms with van der Waals surface area (Å²) in [4.78, 5) is 44.6. The van der Waals surface area contributed by atoms with E-state index in [0.717, 1.165) is 12.0 Å². The molecule has 1 amide bonds. The highest BCUT2D eigenvalue weighted by Crippen LogP contribution is 2.38. The van der Waals surface area contributed by atoms with Crippen molar-refractivity contribution < 1.29 is 41.0 Å². The Balaban J connectivity index is 1.45. The molecule has 1 N–H and O–H groups in total. The lowest BCUT2D eigenvalue weighted by molar-refractivity contribution is -0.152. The maximum absolute atomic E-state index is 15.3. The minimum absolute atomic E-state index is 0.0556. The Kier molecular flexibility index (Phi) is 9.60. The van der Waals surface area contributed by atoms with Crippen LogP contribution in [0.2, 0.25) is 0 Å². The standard InChI is InChI=1S/C33H35F5N4O5/c1-17-18(2)41(3)31(44)28(39-17)22-11-10-19(21-8-7-13-47-29(21)22)14-25(32(45)46-4)40-30(43)27-23(34)15-20(16-24(27)35)42-12-6-5-9-26(42)33(36,37)38/h10-11,15-16,25-26H,5-9,12-14H2,1-4H3,(H,40,43)/t25-,26+/m0/s1. The van der Waals surface area contributed by atoms with Crippen LogP contribution in [0, 0.1) is 25.5 Å². The summed E-state index contributed by atoms with van der Waals surface area (Å²) < 4.78 is 83.8. The smallest absolute Gasteiger partial charge is 0.408 e. The number of nitrogens with zero attached hydrogens (tertiary/aromatic N) is 3. The van der Waals surface area contributed by atoms with Crippen LogP contribution in [0.25, 0.3) is 11.3 Å². The van der Waals surface area contributed by atoms with E-state index in [4.69, 9.17) is 9.47 Å². The third kappa shape index (κ3) is 6.68. The van der Waals surface area contributed by atoms with Crippen molar-refractivity contribution >= 4 is 17.6 Å². The number of nitrogens with one attached hydrogen (secondary N) is 1. The van der Waals surface area contributed by atoms with Crippen LogP contribution >= 0.6 is 0 Å². The Morgan fingerprint density at radius 3 is 2.49 bits per heavy atom. The van der Waals surface area contributed by atoms with E-state index in [-0.39, 0.29) is 36.3 Å². The number of alkyl halides is 3. The molecular formula is C33H35F5N4O5. The monoisotopic (exact) mass is 662 g/mol. The van der Waals surface area contributed by atoms with Crippen LogP contribution in [-0.4, -0.2) is 59.9 Å². The number of hydrogen-bond acceptors (Lipinski definition) is 7. The lowest BCUT2D eigenvalue weighted by Crippen LogP contribution is -2.49. The molecule has 3 heterocycles. The molecule has 0 spiro atoms. The number of piperidine rings is 1. The molecule has 0 saturated carbocycles. The molecule has 2 aromatic carbocycles. The lowest BCUT2D eigenvalue weighted by Gasteiger charge is -2.38. The summed E-state index contributed by atoms with van der Waals surface area (Å²) in [5.41, 5.74) is 1.59. The van der Waals surface area contributed by atoms with Gasteiger partial charge in [0.05, 0.1) is 19.4 Å². The minimum atomic E-state index is -4.61. The van der Waals surface area contributed by atoms with Crippen molar-refractivity contribution in [1.82, 2.24) is 14.9 Å². The summed E-state index contributed by atoms with van der Waals surface area (Å²) in [7, 11) is 2.74. The zero-order valence-electron chi connectivity index (χ0n) is 26.4. The highest BCUT2D eigenvalue weighted by atomic mass is 19.4. The zero-order chi connectivity index (χ0) is 34.2. The van der Waals surface area contributed by atoms with E-state index >= 15 is 8.78 Å². The molecule has 14 heteroatoms. The number of benzene rings is 2. The van der Waals surface area contributed by atoms with Crippen LogP contribution in [0.5, 0.6) is 5.75 Å². The number of hydrogen-bond donors (Lipinski definition) is 1. The summed E-state index contributed by atoms with van der Waals surface area (Å²) in [6.07, 6.45) is -3.09. The Hall–Kier alpha value is -4.49. The SMILES string of the molecule is COC(=O)[C@H](Cc1ccc(-c2nc(C)c(C)n(C)c2=O)c2c1CCCO2)NC(=O)c1c(F)cc(N2CCCC[C@@H]2C(F)(F)F)cc1F. The van der Waals surface area contributed by atoms with Gasteiger partial charge in [0, 0.05) is 37.0 Å². The maximum Gasteiger partial charge on any atom is 0.408 e. The first-order valence-corrected chi connectivity index (χ1v) is 15.3. The Bertz CT molecular complexity index is 1750. The predicted octanol–water partition coefficient (Wildman–Crippen LogP) is 5.10. The van der Waals surface area contributed by atoms with Gasteiger partial charge >= 0.3 is 12.1 Å². The highest BCUT2D eigenvalue weighted by Gasteiger charge is 2.45. The molecule has 3 aromatic rings. The number of ether oxygens (including phenoxy) is 2. The zero-order valence-corrected chi connectivity index (χ0v) is 26.4. The fourth-order valence-corrected chi connectivity index (χ4v) is 6.24. The number of methoxy groups -OCH3 is 1. The molecule has 1 aromatic heterocycles. The van der Waals surface area contributed by atoms with Crippen molar-refractivity contribution in [3.8, 4) is 17.0 Å². The van der Waals surface area contributed by atoms with E-state index in [1.807, 2.05) is 0 Å². The maximum atomic E-state index is 15.3. The Morgan fingerprint density at radius 1 is 1.13 bits per heavy atom. The quantitative estimate of drug-likeness (QED) is 0.278. The number of carbonyl (C=O) groups is 2. The summed E-state index contributed by atoms with van der Waals surface area (Å²) in [5.74, 6) is -4.50. The van der Waals surface area contributed by atoms with Gasteiger partial charge in [-0.15, -0.1) is 0 Å². The minimum Gasteiger partial charge on any atom is -0.493 e. The second-order valence-corrected chi connectivity index (χ2v) is 11.8. The van der Waals surface area contributed by atoms with Gasteiger partial charge in [0.25, 0.3) is 11.5 Å². The van der Waals surface area contributed by atoms with E-state index in [1.54, 1.807) is 33.0 Å². The van der Waals surface area contributed by atoms with Gasteiger partial charge in [-0.1, -0.05) is 6.07 Å². The van der Waals surface area contributed by atoms with E-state index in [0.29, 0.717) is 78.3 Å². The molecule has 1 fully saturated rings. The van der Waals surface area contributed by atoms with Crippen molar-refractivity contribution in [2.45, 2.75) is 70.6 Å². The number of carbonyl (C=O) groups excluding carboxylic acids is 2. The number of aryl methyl sites for hydroxylation is 1. The molecule has 0 bridgehead atoms. The number of aromatic nitrogens is 2. The summed E-state index contributed by atoms with van der Waals surface area (Å²) in [6, 6.07) is 1.41. The first-order valence-electron chi connectivity index (χ1n) is 15.3. The van der Waals surface area contributed by atoms with Gasteiger partial charge in [-0.3, -0.25) is 9.59 Å². The Labute approximate surface area is 267 Å². The molecule has 9 nitrogen and oxygen atoms in total. The van der Waals surface area contributed by atoms with Gasteiger partial charge in [0.15, 0.2) is 0 Å². The predicted molar refractivity (Wildman–Crippen MR) is 163 cm³/mol. The first kappa shape index (κ1) is 33.9. The molecule has 2 atom stereocenters. The summed E-state index contributed by atoms with van der Waals surface area (Å²) >= 11 is 0. The van der Waals surface area contributed by atoms with Crippen molar-refractivity contribution in [3.05, 3.63) is 74.3 Å². The fraction of sp³-hybridized carbons (Fsp3) is 0.455. The molecule has 5 rings (SSSR count). The second-order valence-electron chi connectivity index (χ2n) is 11.8. The second kappa shape index (κ2) is 13.3. The molecule has 2 aliphatic rings. The molecule has 2 aliphatic heterocycles. The largest absolute Gasteiger partial charge is 0.493 e. The van der Waals surface area contributed by atoms with Crippen molar-refractivity contribution in [1.29, 1.82) is 0 Å². The van der Waals surface area contributed by atoms with Crippen molar-refractivity contribution in [2.24, 2.45) is 7.05 Å². The van der Waals surface area contributed by atoms with Gasteiger partial charge in [-0.05, 0) is 75.3 Å². The van der Waals surface area contributed by atoms with E-state index in [2.05, 4.69) is 10.3 Å². The van der Waals surface area contributed by atoms with Crippen LogP contribution in [0.4, 0.5) is 27.6 Å². The van der Waals surface area contributed by atoms with Crippen molar-refractivity contribution in [2.75, 3.05) is 25.2 Å². The van der Waals surface area contributed by atoms with Gasteiger partial charge in [-0.25, -0.2) is 18.6 Å². The average molecular weight is 663 g/mol. The van der Waals surface area contributed by atoms with E-state index in [1.165, 1.54) is 4.57 Å². The summed E-state index contributed by atoms with van der Waals surface area (Å²) in [6.45, 7) is 3.89. The molecule has 47 heavy (non-hydrogen) atoms. The topological polar surface area (TPSA) is 103 Å². The summed E-state index contributed by atoms with van der Waals surface area (Å²) in [5, 5.41) is 2.34. The fourth-order valence-electron chi connectivity index (χ4n) is 6.24. The third-order valence-electron chi connectivity index (χ3n) is 8.92. The number of halogens is 5. The first-order chi connectivity index (χ1) is 22.2. The Morgan fingerprint density at radius 2 is 1.83 bits per heavy atom. The van der Waals surface area contributed by atoms with Crippen molar-refractivity contribution in [3.63, 3.8) is 0 Å². The number of anilines is 1. The van der Waals surface area contributed by atoms with Crippen LogP contribution in [0.3, 0.4) is 0 Å². The normalized spacial score (nSPS) is 17.0. The van der Waals surface area contributed by atoms with Gasteiger partial charge < -0.3 is 24.3 Å². The molecule has 1 saturated heterocycles. The molecule has 252 valence electrons. The van der Waals surface area contributed by atoms with E-state index in [9.17, 15) is 27.6 Å². The number of fused-ring (bicyclic) bond motifs is 1. The molecule has 0 unspecified atom stereocenters. The molecular weight excluding hydrogens is 627 g/mol. The van der Waals surface area contributed by atoms with Gasteiger partial charge in [0.2, 0.25) is 0 Å². The number of rotatable bonds is 7. The number of esters is 1. The third-order valence-corrected chi connectivity index (χ3v) is 8.92. The molecule has 0 radical (unpaired) electrons. The van der Waals surface area contributed by atoms with Crippen LogP contribution < -0.4 is 20.5 Å². The average Bonchev–Trinajstić information content (AvgIpc) is 3.04. The van der Waals surface area contributed by atoms with Crippen LogP contribution in [0.15, 0.2) is 29.1 Å². The van der Waals surface area contributed by atoms with Crippen LogP contribution in [-0.2, 0) is 29.4 Å². The van der Waals surface area contributed by atoms with E-state index < -0.39 is 47.3 Å². The number of amides is 1. The van der Waals surface area contributed by atoms with Gasteiger partial charge in [0.1, 0.15) is 40.7 Å². The lowest BCUT2D eigenvalue weighted by atomic mass is 9.91. The molecule has 0 aliphatic carbocycles. The van der Waals surface area contributed by atoms with Crippen LogP contribution in [0.1, 0.15) is 58.6 Å². The van der Waals surface area contributed by atoms with Gasteiger partial charge in [-0.2, -0.15) is 13.2 Å².